The van der Waals surface area contributed by atoms with E-state index in [2.05, 4.69) is 5.32 Å². The lowest BCUT2D eigenvalue weighted by Gasteiger charge is -2.11. The van der Waals surface area contributed by atoms with Gasteiger partial charge in [0.2, 0.25) is 5.91 Å². The molecule has 18 heavy (non-hydrogen) atoms. The lowest BCUT2D eigenvalue weighted by Crippen LogP contribution is -2.17. The number of para-hydroxylation sites is 1. The largest absolute Gasteiger partial charge is 0.325 e. The Morgan fingerprint density at radius 3 is 2.72 bits per heavy atom. The van der Waals surface area contributed by atoms with Crippen LogP contribution >= 0.6 is 0 Å². The third kappa shape index (κ3) is 1.59. The number of anilines is 1. The van der Waals surface area contributed by atoms with Crippen LogP contribution in [-0.2, 0) is 4.79 Å². The number of nitrogens with one attached hydrogen (secondary N) is 1. The van der Waals surface area contributed by atoms with Crippen molar-refractivity contribution in [3.05, 3.63) is 53.8 Å². The first-order valence-corrected chi connectivity index (χ1v) is 5.86. The van der Waals surface area contributed by atoms with E-state index in [9.17, 15) is 9.18 Å². The van der Waals surface area contributed by atoms with Crippen LogP contribution in [-0.4, -0.2) is 5.91 Å². The van der Waals surface area contributed by atoms with Gasteiger partial charge in [-0.05, 0) is 36.2 Å². The van der Waals surface area contributed by atoms with Gasteiger partial charge in [-0.25, -0.2) is 4.39 Å². The number of hydrogen-bond donors (Lipinski definition) is 1. The standard InChI is InChI=1S/C15H12FNO/c1-9-13-8-10(16)6-7-11(13)12-4-2-3-5-14(12)17-15(9)18/h2-9H,1H3,(H,17,18). The fourth-order valence-electron chi connectivity index (χ4n) is 2.35. The molecule has 0 saturated carbocycles. The molecule has 2 nitrogen and oxygen atoms in total. The molecular formula is C15H12FNO. The Labute approximate surface area is 104 Å². The summed E-state index contributed by atoms with van der Waals surface area (Å²) < 4.78 is 13.4. The zero-order valence-electron chi connectivity index (χ0n) is 9.91. The van der Waals surface area contributed by atoms with Gasteiger partial charge in [0.1, 0.15) is 5.82 Å². The number of hydrogen-bond acceptors (Lipinski definition) is 1. The minimum Gasteiger partial charge on any atom is -0.325 e. The average Bonchev–Trinajstić information content (AvgIpc) is 2.47. The van der Waals surface area contributed by atoms with E-state index in [1.54, 1.807) is 13.0 Å². The number of halogens is 1. The van der Waals surface area contributed by atoms with Crippen molar-refractivity contribution in [3.8, 4) is 11.1 Å². The van der Waals surface area contributed by atoms with Crippen LogP contribution in [0.2, 0.25) is 0 Å². The second-order valence-corrected chi connectivity index (χ2v) is 4.49. The van der Waals surface area contributed by atoms with Gasteiger partial charge in [-0.2, -0.15) is 0 Å². The van der Waals surface area contributed by atoms with E-state index >= 15 is 0 Å². The number of carbonyl (C=O) groups excluding carboxylic acids is 1. The number of fused-ring (bicyclic) bond motifs is 3. The monoisotopic (exact) mass is 241 g/mol. The van der Waals surface area contributed by atoms with E-state index in [-0.39, 0.29) is 17.6 Å². The Balaban J connectivity index is 2.33. The molecule has 1 N–H and O–H groups in total. The van der Waals surface area contributed by atoms with Gasteiger partial charge >= 0.3 is 0 Å². The third-order valence-electron chi connectivity index (χ3n) is 3.35. The Kier molecular flexibility index (Phi) is 2.40. The average molecular weight is 241 g/mol. The Morgan fingerprint density at radius 2 is 1.89 bits per heavy atom. The van der Waals surface area contributed by atoms with E-state index < -0.39 is 0 Å². The molecule has 0 saturated heterocycles. The molecule has 90 valence electrons. The molecule has 1 amide bonds. The van der Waals surface area contributed by atoms with Crippen LogP contribution in [0.5, 0.6) is 0 Å². The lowest BCUT2D eigenvalue weighted by molar-refractivity contribution is -0.117. The summed E-state index contributed by atoms with van der Waals surface area (Å²) >= 11 is 0. The first-order chi connectivity index (χ1) is 8.66. The Hall–Kier alpha value is -2.16. The molecule has 0 bridgehead atoms. The van der Waals surface area contributed by atoms with Gasteiger partial charge in [-0.3, -0.25) is 4.79 Å². The summed E-state index contributed by atoms with van der Waals surface area (Å²) in [6.07, 6.45) is 0. The van der Waals surface area contributed by atoms with Crippen LogP contribution in [0.3, 0.4) is 0 Å². The fraction of sp³-hybridized carbons (Fsp3) is 0.133. The van der Waals surface area contributed by atoms with Gasteiger partial charge in [-0.1, -0.05) is 24.3 Å². The predicted octanol–water partition coefficient (Wildman–Crippen LogP) is 3.55. The summed E-state index contributed by atoms with van der Waals surface area (Å²) in [4.78, 5) is 12.0. The van der Waals surface area contributed by atoms with Gasteiger partial charge in [-0.15, -0.1) is 0 Å². The maximum absolute atomic E-state index is 13.4. The van der Waals surface area contributed by atoms with Gasteiger partial charge in [0.25, 0.3) is 0 Å². The first-order valence-electron chi connectivity index (χ1n) is 5.86. The van der Waals surface area contributed by atoms with Gasteiger partial charge < -0.3 is 5.32 Å². The number of benzene rings is 2. The summed E-state index contributed by atoms with van der Waals surface area (Å²) in [5, 5.41) is 2.88. The molecule has 2 aromatic carbocycles. The van der Waals surface area contributed by atoms with Gasteiger partial charge in [0.05, 0.1) is 5.92 Å². The van der Waals surface area contributed by atoms with Crippen molar-refractivity contribution in [2.45, 2.75) is 12.8 Å². The molecule has 0 radical (unpaired) electrons. The predicted molar refractivity (Wildman–Crippen MR) is 68.9 cm³/mol. The Bertz CT molecular complexity index is 636. The minimum absolute atomic E-state index is 0.105. The van der Waals surface area contributed by atoms with Crippen molar-refractivity contribution in [2.24, 2.45) is 0 Å². The number of rotatable bonds is 0. The van der Waals surface area contributed by atoms with Crippen molar-refractivity contribution in [1.29, 1.82) is 0 Å². The van der Waals surface area contributed by atoms with Crippen molar-refractivity contribution < 1.29 is 9.18 Å². The smallest absolute Gasteiger partial charge is 0.231 e. The molecule has 1 unspecified atom stereocenters. The van der Waals surface area contributed by atoms with Crippen LogP contribution in [0.25, 0.3) is 11.1 Å². The van der Waals surface area contributed by atoms with Crippen LogP contribution in [0.15, 0.2) is 42.5 Å². The maximum Gasteiger partial charge on any atom is 0.231 e. The van der Waals surface area contributed by atoms with Crippen LogP contribution in [0.1, 0.15) is 18.4 Å². The maximum atomic E-state index is 13.4. The van der Waals surface area contributed by atoms with Crippen molar-refractivity contribution in [3.63, 3.8) is 0 Å². The number of amides is 1. The topological polar surface area (TPSA) is 29.1 Å². The molecule has 1 heterocycles. The van der Waals surface area contributed by atoms with Crippen molar-refractivity contribution >= 4 is 11.6 Å². The Morgan fingerprint density at radius 1 is 1.11 bits per heavy atom. The van der Waals surface area contributed by atoms with E-state index in [4.69, 9.17) is 0 Å². The lowest BCUT2D eigenvalue weighted by atomic mass is 9.92. The van der Waals surface area contributed by atoms with Crippen molar-refractivity contribution in [2.75, 3.05) is 5.32 Å². The third-order valence-corrected chi connectivity index (χ3v) is 3.35. The van der Waals surface area contributed by atoms with Crippen LogP contribution in [0.4, 0.5) is 10.1 Å². The van der Waals surface area contributed by atoms with E-state index in [0.717, 1.165) is 22.4 Å². The summed E-state index contributed by atoms with van der Waals surface area (Å²) in [7, 11) is 0. The highest BCUT2D eigenvalue weighted by atomic mass is 19.1. The van der Waals surface area contributed by atoms with E-state index in [1.165, 1.54) is 12.1 Å². The highest BCUT2D eigenvalue weighted by molar-refractivity contribution is 6.03. The second kappa shape index (κ2) is 3.95. The molecule has 1 aliphatic rings. The number of carbonyl (C=O) groups is 1. The SMILES string of the molecule is CC1C(=O)Nc2ccccc2-c2ccc(F)cc21. The normalized spacial score (nSPS) is 17.4. The quantitative estimate of drug-likeness (QED) is 0.750. The van der Waals surface area contributed by atoms with E-state index in [0.29, 0.717) is 0 Å². The molecule has 3 rings (SSSR count). The molecule has 0 fully saturated rings. The van der Waals surface area contributed by atoms with Gasteiger partial charge in [0.15, 0.2) is 0 Å². The fourth-order valence-corrected chi connectivity index (χ4v) is 2.35. The molecule has 0 aliphatic carbocycles. The summed E-state index contributed by atoms with van der Waals surface area (Å²) in [6, 6.07) is 12.2. The molecule has 0 spiro atoms. The zero-order valence-corrected chi connectivity index (χ0v) is 9.91. The zero-order chi connectivity index (χ0) is 12.7. The highest BCUT2D eigenvalue weighted by Crippen LogP contribution is 2.38. The van der Waals surface area contributed by atoms with Crippen LogP contribution < -0.4 is 5.32 Å². The molecule has 3 heteroatoms. The molecule has 1 atom stereocenters. The van der Waals surface area contributed by atoms with Crippen LogP contribution in [0, 0.1) is 5.82 Å². The first kappa shape index (κ1) is 11.0. The molecular weight excluding hydrogens is 229 g/mol. The highest BCUT2D eigenvalue weighted by Gasteiger charge is 2.25. The second-order valence-electron chi connectivity index (χ2n) is 4.49. The molecule has 0 aromatic heterocycles. The van der Waals surface area contributed by atoms with Crippen molar-refractivity contribution in [1.82, 2.24) is 0 Å². The van der Waals surface area contributed by atoms with Gasteiger partial charge in [0, 0.05) is 11.3 Å². The van der Waals surface area contributed by atoms with E-state index in [1.807, 2.05) is 24.3 Å². The minimum atomic E-state index is -0.358. The molecule has 2 aromatic rings. The summed E-state index contributed by atoms with van der Waals surface area (Å²) in [5.74, 6) is -0.775. The molecule has 1 aliphatic heterocycles. The summed E-state index contributed by atoms with van der Waals surface area (Å²) in [6.45, 7) is 1.79. The summed E-state index contributed by atoms with van der Waals surface area (Å²) in [5.41, 5.74) is 3.36.